The summed E-state index contributed by atoms with van der Waals surface area (Å²) < 4.78 is 6.09. The molecule has 0 amide bonds. The summed E-state index contributed by atoms with van der Waals surface area (Å²) in [7, 11) is 0. The van der Waals surface area contributed by atoms with Gasteiger partial charge in [-0.2, -0.15) is 0 Å². The molecule has 4 nitrogen and oxygen atoms in total. The third kappa shape index (κ3) is 3.20. The molecule has 21 heavy (non-hydrogen) atoms. The van der Waals surface area contributed by atoms with E-state index in [4.69, 9.17) is 14.7 Å². The highest BCUT2D eigenvalue weighted by Crippen LogP contribution is 2.34. The first-order chi connectivity index (χ1) is 10.2. The molecular weight excluding hydrogens is 262 g/mol. The second kappa shape index (κ2) is 7.21. The summed E-state index contributed by atoms with van der Waals surface area (Å²) in [6, 6.07) is 0. The molecule has 4 heteroatoms. The topological polar surface area (TPSA) is 47.0 Å². The number of nitrogens with one attached hydrogen (secondary N) is 1. The molecule has 0 saturated carbocycles. The summed E-state index contributed by atoms with van der Waals surface area (Å²) in [5, 5.41) is 3.43. The molecule has 0 saturated heterocycles. The molecule has 1 aliphatic carbocycles. The largest absolute Gasteiger partial charge is 0.370 e. The van der Waals surface area contributed by atoms with Gasteiger partial charge in [0, 0.05) is 24.4 Å². The Hall–Kier alpha value is -1.16. The average molecular weight is 291 g/mol. The molecule has 0 spiro atoms. The molecule has 2 rings (SSSR count). The fourth-order valence-corrected chi connectivity index (χ4v) is 3.22. The minimum absolute atomic E-state index is 0.342. The van der Waals surface area contributed by atoms with Gasteiger partial charge in [0.05, 0.1) is 0 Å². The Balaban J connectivity index is 2.50. The maximum absolute atomic E-state index is 6.09. The number of ether oxygens (including phenoxy) is 1. The minimum Gasteiger partial charge on any atom is -0.370 e. The van der Waals surface area contributed by atoms with Crippen LogP contribution in [0.2, 0.25) is 0 Å². The Morgan fingerprint density at radius 1 is 1.05 bits per heavy atom. The van der Waals surface area contributed by atoms with Crippen molar-refractivity contribution in [3.63, 3.8) is 0 Å². The van der Waals surface area contributed by atoms with Crippen LogP contribution >= 0.6 is 0 Å². The van der Waals surface area contributed by atoms with E-state index in [1.807, 2.05) is 6.92 Å². The van der Waals surface area contributed by atoms with E-state index in [1.54, 1.807) is 0 Å². The summed E-state index contributed by atoms with van der Waals surface area (Å²) in [6.45, 7) is 10.1. The molecular formula is C17H29N3O. The van der Waals surface area contributed by atoms with Crippen molar-refractivity contribution in [2.45, 2.75) is 71.8 Å². The lowest BCUT2D eigenvalue weighted by molar-refractivity contribution is -0.0572. The zero-order valence-corrected chi connectivity index (χ0v) is 14.0. The van der Waals surface area contributed by atoms with Crippen molar-refractivity contribution < 1.29 is 4.74 Å². The predicted molar refractivity (Wildman–Crippen MR) is 86.7 cm³/mol. The quantitative estimate of drug-likeness (QED) is 0.829. The number of aryl methyl sites for hydroxylation is 1. The number of hydrogen-bond acceptors (Lipinski definition) is 4. The fraction of sp³-hybridized carbons (Fsp3) is 0.765. The first kappa shape index (κ1) is 16.2. The molecule has 1 heterocycles. The van der Waals surface area contributed by atoms with Crippen LogP contribution in [0.1, 0.15) is 70.5 Å². The maximum atomic E-state index is 6.09. The van der Waals surface area contributed by atoms with Gasteiger partial charge >= 0.3 is 0 Å². The number of nitrogens with zero attached hydrogens (tertiary/aromatic N) is 2. The van der Waals surface area contributed by atoms with E-state index in [9.17, 15) is 0 Å². The highest BCUT2D eigenvalue weighted by Gasteiger charge is 2.34. The number of aromatic nitrogens is 2. The number of hydrogen-bond donors (Lipinski definition) is 1. The Bertz CT molecular complexity index is 469. The van der Waals surface area contributed by atoms with Crippen molar-refractivity contribution in [1.82, 2.24) is 9.97 Å². The van der Waals surface area contributed by atoms with Crippen molar-refractivity contribution >= 4 is 5.82 Å². The van der Waals surface area contributed by atoms with E-state index in [1.165, 1.54) is 24.1 Å². The molecule has 118 valence electrons. The van der Waals surface area contributed by atoms with Gasteiger partial charge in [-0.3, -0.25) is 0 Å². The molecule has 0 atom stereocenters. The van der Waals surface area contributed by atoms with Gasteiger partial charge in [-0.15, -0.1) is 0 Å². The fourth-order valence-electron chi connectivity index (χ4n) is 3.22. The van der Waals surface area contributed by atoms with Crippen LogP contribution in [0.15, 0.2) is 0 Å². The summed E-state index contributed by atoms with van der Waals surface area (Å²) in [5.74, 6) is 1.90. The lowest BCUT2D eigenvalue weighted by Crippen LogP contribution is -2.32. The van der Waals surface area contributed by atoms with Crippen molar-refractivity contribution in [3.8, 4) is 0 Å². The minimum atomic E-state index is -0.342. The SMILES string of the molecule is CCNc1nc(C(CC)(CC)OCC)nc2c1CCCC2. The van der Waals surface area contributed by atoms with Gasteiger partial charge in [0.15, 0.2) is 5.82 Å². The molecule has 1 aromatic rings. The first-order valence-corrected chi connectivity index (χ1v) is 8.48. The van der Waals surface area contributed by atoms with Gasteiger partial charge in [0.25, 0.3) is 0 Å². The Morgan fingerprint density at radius 3 is 2.38 bits per heavy atom. The van der Waals surface area contributed by atoms with Gasteiger partial charge < -0.3 is 10.1 Å². The van der Waals surface area contributed by atoms with E-state index in [0.29, 0.717) is 6.61 Å². The third-order valence-corrected chi connectivity index (χ3v) is 4.50. The van der Waals surface area contributed by atoms with Crippen LogP contribution in [0.4, 0.5) is 5.82 Å². The molecule has 1 aliphatic rings. The van der Waals surface area contributed by atoms with Gasteiger partial charge in [-0.25, -0.2) is 9.97 Å². The normalized spacial score (nSPS) is 14.9. The van der Waals surface area contributed by atoms with Crippen LogP contribution in [-0.2, 0) is 23.2 Å². The second-order valence-electron chi connectivity index (χ2n) is 5.69. The molecule has 0 unspecified atom stereocenters. The van der Waals surface area contributed by atoms with Crippen LogP contribution in [0.25, 0.3) is 0 Å². The monoisotopic (exact) mass is 291 g/mol. The number of rotatable bonds is 7. The van der Waals surface area contributed by atoms with Crippen LogP contribution in [0, 0.1) is 0 Å². The molecule has 0 radical (unpaired) electrons. The predicted octanol–water partition coefficient (Wildman–Crippen LogP) is 3.84. The van der Waals surface area contributed by atoms with Gasteiger partial charge in [0.1, 0.15) is 11.4 Å². The van der Waals surface area contributed by atoms with E-state index in [-0.39, 0.29) is 5.60 Å². The van der Waals surface area contributed by atoms with Gasteiger partial charge in [-0.1, -0.05) is 13.8 Å². The van der Waals surface area contributed by atoms with E-state index >= 15 is 0 Å². The Kier molecular flexibility index (Phi) is 5.57. The molecule has 0 aromatic carbocycles. The zero-order valence-electron chi connectivity index (χ0n) is 14.0. The molecule has 1 N–H and O–H groups in total. The summed E-state index contributed by atoms with van der Waals surface area (Å²) in [6.07, 6.45) is 6.45. The average Bonchev–Trinajstić information content (AvgIpc) is 2.53. The van der Waals surface area contributed by atoms with Crippen molar-refractivity contribution in [3.05, 3.63) is 17.1 Å². The summed E-state index contributed by atoms with van der Waals surface area (Å²) in [5.41, 5.74) is 2.21. The van der Waals surface area contributed by atoms with Gasteiger partial charge in [0.2, 0.25) is 0 Å². The van der Waals surface area contributed by atoms with Crippen LogP contribution in [-0.4, -0.2) is 23.1 Å². The summed E-state index contributed by atoms with van der Waals surface area (Å²) >= 11 is 0. The molecule has 0 bridgehead atoms. The van der Waals surface area contributed by atoms with E-state index < -0.39 is 0 Å². The second-order valence-corrected chi connectivity index (χ2v) is 5.69. The van der Waals surface area contributed by atoms with Crippen molar-refractivity contribution in [2.75, 3.05) is 18.5 Å². The smallest absolute Gasteiger partial charge is 0.162 e. The molecule has 1 aromatic heterocycles. The van der Waals surface area contributed by atoms with Crippen LogP contribution in [0.3, 0.4) is 0 Å². The van der Waals surface area contributed by atoms with Gasteiger partial charge in [-0.05, 0) is 52.4 Å². The highest BCUT2D eigenvalue weighted by molar-refractivity contribution is 5.48. The maximum Gasteiger partial charge on any atom is 0.162 e. The van der Waals surface area contributed by atoms with Crippen molar-refractivity contribution in [1.29, 1.82) is 0 Å². The molecule has 0 fully saturated rings. The first-order valence-electron chi connectivity index (χ1n) is 8.48. The lowest BCUT2D eigenvalue weighted by Gasteiger charge is -2.31. The number of anilines is 1. The highest BCUT2D eigenvalue weighted by atomic mass is 16.5. The van der Waals surface area contributed by atoms with Crippen molar-refractivity contribution in [2.24, 2.45) is 0 Å². The Labute approximate surface area is 128 Å². The zero-order chi connectivity index (χ0) is 15.3. The van der Waals surface area contributed by atoms with Crippen LogP contribution in [0.5, 0.6) is 0 Å². The summed E-state index contributed by atoms with van der Waals surface area (Å²) in [4.78, 5) is 9.77. The van der Waals surface area contributed by atoms with Crippen LogP contribution < -0.4 is 5.32 Å². The Morgan fingerprint density at radius 2 is 1.76 bits per heavy atom. The third-order valence-electron chi connectivity index (χ3n) is 4.50. The van der Waals surface area contributed by atoms with E-state index in [0.717, 1.165) is 43.9 Å². The lowest BCUT2D eigenvalue weighted by atomic mass is 9.92. The number of fused-ring (bicyclic) bond motifs is 1. The van der Waals surface area contributed by atoms with E-state index in [2.05, 4.69) is 26.1 Å². The molecule has 0 aliphatic heterocycles. The standard InChI is InChI=1S/C17H29N3O/c1-5-17(6-2,21-8-4)16-19-14-12-10-9-11-13(14)15(20-16)18-7-3/h5-12H2,1-4H3,(H,18,19,20).